The molecule has 0 saturated carbocycles. The second-order valence-electron chi connectivity index (χ2n) is 4.75. The number of aromatic hydroxyl groups is 1. The summed E-state index contributed by atoms with van der Waals surface area (Å²) in [5.74, 6) is -0.653. The van der Waals surface area contributed by atoms with Crippen molar-refractivity contribution < 1.29 is 9.52 Å². The molecule has 1 aliphatic rings. The van der Waals surface area contributed by atoms with Crippen LogP contribution in [0.15, 0.2) is 32.5 Å². The molecular weight excluding hydrogens is 258 g/mol. The van der Waals surface area contributed by atoms with Gasteiger partial charge in [-0.15, -0.1) is 0 Å². The number of allylic oxidation sites excluding steroid dienone is 1. The van der Waals surface area contributed by atoms with E-state index in [-0.39, 0.29) is 17.7 Å². The van der Waals surface area contributed by atoms with Gasteiger partial charge in [0.2, 0.25) is 5.88 Å². The summed E-state index contributed by atoms with van der Waals surface area (Å²) in [6.07, 6.45) is 4.86. The highest BCUT2D eigenvalue weighted by Crippen LogP contribution is 2.32. The average Bonchev–Trinajstić information content (AvgIpc) is 2.93. The van der Waals surface area contributed by atoms with Crippen molar-refractivity contribution in [2.45, 2.75) is 19.9 Å². The van der Waals surface area contributed by atoms with Crippen LogP contribution in [0.5, 0.6) is 5.88 Å². The zero-order valence-electron chi connectivity index (χ0n) is 11.1. The van der Waals surface area contributed by atoms with E-state index in [1.165, 1.54) is 4.57 Å². The molecule has 2 aromatic heterocycles. The van der Waals surface area contributed by atoms with Gasteiger partial charge in [-0.05, 0) is 32.1 Å². The highest BCUT2D eigenvalue weighted by atomic mass is 16.4. The van der Waals surface area contributed by atoms with Crippen LogP contribution < -0.4 is 5.76 Å². The molecule has 0 spiro atoms. The first-order valence-corrected chi connectivity index (χ1v) is 6.23. The fraction of sp³-hybridized carbons (Fsp3) is 0.214. The third-order valence-electron chi connectivity index (χ3n) is 3.05. The second kappa shape index (κ2) is 4.48. The van der Waals surface area contributed by atoms with Gasteiger partial charge in [-0.25, -0.2) is 9.36 Å². The number of aliphatic imine (C=N–C) groups is 1. The molecule has 3 heterocycles. The first kappa shape index (κ1) is 12.4. The lowest BCUT2D eigenvalue weighted by Crippen LogP contribution is -2.15. The Bertz CT molecular complexity index is 781. The molecule has 6 nitrogen and oxygen atoms in total. The van der Waals surface area contributed by atoms with Crippen LogP contribution in [-0.2, 0) is 0 Å². The number of nitrogens with zero attached hydrogens (tertiary/aromatic N) is 3. The molecule has 3 rings (SSSR count). The summed E-state index contributed by atoms with van der Waals surface area (Å²) in [4.78, 5) is 20.1. The van der Waals surface area contributed by atoms with Gasteiger partial charge in [0.25, 0.3) is 0 Å². The van der Waals surface area contributed by atoms with Gasteiger partial charge in [-0.2, -0.15) is 0 Å². The van der Waals surface area contributed by atoms with Crippen LogP contribution in [0, 0.1) is 0 Å². The van der Waals surface area contributed by atoms with E-state index >= 15 is 0 Å². The van der Waals surface area contributed by atoms with E-state index in [1.54, 1.807) is 38.4 Å². The topological polar surface area (TPSA) is 80.6 Å². The lowest BCUT2D eigenvalue weighted by molar-refractivity contribution is 0.392. The fourth-order valence-corrected chi connectivity index (χ4v) is 2.11. The van der Waals surface area contributed by atoms with Crippen LogP contribution in [0.1, 0.15) is 31.3 Å². The Labute approximate surface area is 114 Å². The van der Waals surface area contributed by atoms with E-state index in [9.17, 15) is 9.90 Å². The average molecular weight is 271 g/mol. The molecule has 0 saturated heterocycles. The largest absolute Gasteiger partial charge is 0.492 e. The fourth-order valence-electron chi connectivity index (χ4n) is 2.11. The highest BCUT2D eigenvalue weighted by molar-refractivity contribution is 6.20. The van der Waals surface area contributed by atoms with Gasteiger partial charge >= 0.3 is 5.76 Å². The predicted molar refractivity (Wildman–Crippen MR) is 75.3 cm³/mol. The summed E-state index contributed by atoms with van der Waals surface area (Å²) in [6, 6.07) is 3.46. The smallest absolute Gasteiger partial charge is 0.422 e. The second-order valence-corrected chi connectivity index (χ2v) is 4.75. The zero-order chi connectivity index (χ0) is 14.3. The van der Waals surface area contributed by atoms with E-state index in [4.69, 9.17) is 4.42 Å². The maximum atomic E-state index is 11.7. The number of hydrogen-bond donors (Lipinski definition) is 1. The summed E-state index contributed by atoms with van der Waals surface area (Å²) in [6.45, 7) is 3.59. The SMILES string of the molecule is CC(C)n1c(O)c(C=C2C=Nc3cccnc32)oc1=O. The number of pyridine rings is 1. The molecule has 20 heavy (non-hydrogen) atoms. The molecule has 0 amide bonds. The van der Waals surface area contributed by atoms with E-state index in [1.807, 2.05) is 6.07 Å². The van der Waals surface area contributed by atoms with Gasteiger partial charge in [0, 0.05) is 24.0 Å². The van der Waals surface area contributed by atoms with Crippen LogP contribution in [0.3, 0.4) is 0 Å². The number of oxazole rings is 1. The molecule has 0 radical (unpaired) electrons. The molecule has 0 aromatic carbocycles. The Kier molecular flexibility index (Phi) is 2.78. The first-order valence-electron chi connectivity index (χ1n) is 6.23. The third kappa shape index (κ3) is 1.85. The minimum atomic E-state index is -0.583. The van der Waals surface area contributed by atoms with Gasteiger partial charge in [-0.3, -0.25) is 9.98 Å². The normalized spacial score (nSPS) is 15.2. The Hall–Kier alpha value is -2.63. The minimum Gasteiger partial charge on any atom is -0.492 e. The molecule has 1 N–H and O–H groups in total. The quantitative estimate of drug-likeness (QED) is 0.909. The maximum Gasteiger partial charge on any atom is 0.422 e. The zero-order valence-corrected chi connectivity index (χ0v) is 11.1. The van der Waals surface area contributed by atoms with Gasteiger partial charge in [-0.1, -0.05) is 0 Å². The number of aromatic nitrogens is 2. The Morgan fingerprint density at radius 2 is 2.25 bits per heavy atom. The molecular formula is C14H13N3O3. The van der Waals surface area contributed by atoms with E-state index in [0.29, 0.717) is 11.3 Å². The standard InChI is InChI=1S/C14H13N3O3/c1-8(2)17-13(18)11(20-14(17)19)6-9-7-16-10-4-3-5-15-12(9)10/h3-8,18H,1-2H3. The molecule has 0 fully saturated rings. The molecule has 6 heteroatoms. The maximum absolute atomic E-state index is 11.7. The van der Waals surface area contributed by atoms with Crippen LogP contribution in [0.4, 0.5) is 5.69 Å². The van der Waals surface area contributed by atoms with Gasteiger partial charge in [0.1, 0.15) is 0 Å². The minimum absolute atomic E-state index is 0.114. The van der Waals surface area contributed by atoms with Gasteiger partial charge < -0.3 is 9.52 Å². The van der Waals surface area contributed by atoms with Crippen LogP contribution >= 0.6 is 0 Å². The van der Waals surface area contributed by atoms with Crippen molar-refractivity contribution in [3.05, 3.63) is 40.3 Å². The molecule has 0 aliphatic carbocycles. The monoisotopic (exact) mass is 271 g/mol. The Balaban J connectivity index is 2.10. The van der Waals surface area contributed by atoms with E-state index in [0.717, 1.165) is 5.69 Å². The number of hydrogen-bond acceptors (Lipinski definition) is 5. The summed E-state index contributed by atoms with van der Waals surface area (Å²) < 4.78 is 6.27. The van der Waals surface area contributed by atoms with Crippen molar-refractivity contribution in [3.63, 3.8) is 0 Å². The molecule has 1 aliphatic heterocycles. The van der Waals surface area contributed by atoms with E-state index < -0.39 is 5.76 Å². The molecule has 102 valence electrons. The van der Waals surface area contributed by atoms with Crippen LogP contribution in [0.25, 0.3) is 11.6 Å². The number of rotatable bonds is 2. The third-order valence-corrected chi connectivity index (χ3v) is 3.05. The van der Waals surface area contributed by atoms with Gasteiger partial charge in [0.15, 0.2) is 5.76 Å². The summed E-state index contributed by atoms with van der Waals surface area (Å²) in [5.41, 5.74) is 2.15. The van der Waals surface area contributed by atoms with Gasteiger partial charge in [0.05, 0.1) is 11.4 Å². The van der Waals surface area contributed by atoms with E-state index in [2.05, 4.69) is 9.98 Å². The molecule has 0 unspecified atom stereocenters. The molecule has 2 aromatic rings. The van der Waals surface area contributed by atoms with Crippen molar-refractivity contribution >= 4 is 23.6 Å². The van der Waals surface area contributed by atoms with Crippen LogP contribution in [-0.4, -0.2) is 20.9 Å². The summed E-state index contributed by atoms with van der Waals surface area (Å²) in [7, 11) is 0. The summed E-state index contributed by atoms with van der Waals surface area (Å²) in [5, 5.41) is 10.0. The van der Waals surface area contributed by atoms with Crippen molar-refractivity contribution in [1.29, 1.82) is 0 Å². The number of fused-ring (bicyclic) bond motifs is 1. The van der Waals surface area contributed by atoms with Crippen molar-refractivity contribution in [1.82, 2.24) is 9.55 Å². The highest BCUT2D eigenvalue weighted by Gasteiger charge is 2.19. The lowest BCUT2D eigenvalue weighted by Gasteiger charge is -2.04. The lowest BCUT2D eigenvalue weighted by atomic mass is 10.1. The summed E-state index contributed by atoms with van der Waals surface area (Å²) >= 11 is 0. The van der Waals surface area contributed by atoms with Crippen molar-refractivity contribution in [2.75, 3.05) is 0 Å². The molecule has 0 atom stereocenters. The molecule has 0 bridgehead atoms. The Morgan fingerprint density at radius 3 is 2.95 bits per heavy atom. The predicted octanol–water partition coefficient (Wildman–Crippen LogP) is 2.38. The Morgan fingerprint density at radius 1 is 1.45 bits per heavy atom. The van der Waals surface area contributed by atoms with Crippen molar-refractivity contribution in [2.24, 2.45) is 4.99 Å². The first-order chi connectivity index (χ1) is 9.58. The van der Waals surface area contributed by atoms with Crippen LogP contribution in [0.2, 0.25) is 0 Å². The van der Waals surface area contributed by atoms with Crippen molar-refractivity contribution in [3.8, 4) is 5.88 Å².